The first-order valence-corrected chi connectivity index (χ1v) is 12.0. The van der Waals surface area contributed by atoms with Crippen LogP contribution in [-0.2, 0) is 13.6 Å². The van der Waals surface area contributed by atoms with Crippen LogP contribution < -0.4 is 5.32 Å². The second-order valence-electron chi connectivity index (χ2n) is 8.79. The Balaban J connectivity index is 1.33. The van der Waals surface area contributed by atoms with Crippen LogP contribution in [-0.4, -0.2) is 44.3 Å². The molecule has 2 aromatic heterocycles. The summed E-state index contributed by atoms with van der Waals surface area (Å²) in [6.07, 6.45) is 3.81. The molecule has 1 saturated heterocycles. The normalized spacial score (nSPS) is 14.9. The van der Waals surface area contributed by atoms with E-state index in [1.165, 1.54) is 5.56 Å². The van der Waals surface area contributed by atoms with Crippen LogP contribution in [0.3, 0.4) is 0 Å². The number of carbonyl (C=O) groups is 1. The van der Waals surface area contributed by atoms with Gasteiger partial charge in [0.15, 0.2) is 0 Å². The topological polar surface area (TPSA) is 55.1 Å². The number of rotatable bonds is 6. The molecule has 6 nitrogen and oxygen atoms in total. The lowest BCUT2D eigenvalue weighted by Crippen LogP contribution is -2.44. The molecule has 0 spiro atoms. The van der Waals surface area contributed by atoms with Crippen molar-refractivity contribution in [2.45, 2.75) is 25.4 Å². The number of carbonyl (C=O) groups excluding carboxylic acids is 1. The molecule has 0 bridgehead atoms. The van der Waals surface area contributed by atoms with Crippen molar-refractivity contribution >= 4 is 17.5 Å². The highest BCUT2D eigenvalue weighted by Crippen LogP contribution is 2.26. The molecule has 34 heavy (non-hydrogen) atoms. The molecule has 3 heterocycles. The third kappa shape index (κ3) is 4.79. The number of aryl methyl sites for hydroxylation is 1. The minimum absolute atomic E-state index is 0.130. The van der Waals surface area contributed by atoms with Gasteiger partial charge in [0.2, 0.25) is 0 Å². The predicted molar refractivity (Wildman–Crippen MR) is 135 cm³/mol. The lowest BCUT2D eigenvalue weighted by atomic mass is 10.0. The molecule has 1 aliphatic rings. The summed E-state index contributed by atoms with van der Waals surface area (Å²) in [5.74, 6) is -0.130. The number of halogens is 1. The first-order chi connectivity index (χ1) is 16.6. The van der Waals surface area contributed by atoms with Gasteiger partial charge in [-0.15, -0.1) is 0 Å². The summed E-state index contributed by atoms with van der Waals surface area (Å²) in [6.45, 7) is 2.86. The smallest absolute Gasteiger partial charge is 0.270 e. The van der Waals surface area contributed by atoms with Gasteiger partial charge in [-0.2, -0.15) is 5.10 Å². The van der Waals surface area contributed by atoms with Crippen LogP contribution in [0.15, 0.2) is 79.0 Å². The van der Waals surface area contributed by atoms with E-state index in [4.69, 9.17) is 16.7 Å². The summed E-state index contributed by atoms with van der Waals surface area (Å²) in [5.41, 5.74) is 4.16. The second-order valence-corrected chi connectivity index (χ2v) is 9.20. The van der Waals surface area contributed by atoms with E-state index in [-0.39, 0.29) is 11.9 Å². The average Bonchev–Trinajstić information content (AvgIpc) is 3.47. The fourth-order valence-electron chi connectivity index (χ4n) is 4.54. The highest BCUT2D eigenvalue weighted by atomic mass is 35.5. The molecule has 2 aromatic carbocycles. The third-order valence-electron chi connectivity index (χ3n) is 6.40. The number of hydrogen-bond donors (Lipinski definition) is 1. The number of piperidine rings is 1. The maximum atomic E-state index is 13.4. The Morgan fingerprint density at radius 1 is 1.03 bits per heavy atom. The fraction of sp³-hybridized carbons (Fsp3) is 0.259. The van der Waals surface area contributed by atoms with Crippen molar-refractivity contribution in [3.05, 3.63) is 95.3 Å². The van der Waals surface area contributed by atoms with Gasteiger partial charge in [-0.3, -0.25) is 9.69 Å². The zero-order valence-electron chi connectivity index (χ0n) is 19.2. The molecule has 1 amide bonds. The van der Waals surface area contributed by atoms with Crippen molar-refractivity contribution in [3.63, 3.8) is 0 Å². The largest absolute Gasteiger partial charge is 0.349 e. The minimum atomic E-state index is -0.130. The van der Waals surface area contributed by atoms with E-state index >= 15 is 0 Å². The van der Waals surface area contributed by atoms with Gasteiger partial charge < -0.3 is 9.88 Å². The first kappa shape index (κ1) is 22.4. The summed E-state index contributed by atoms with van der Waals surface area (Å²) in [6, 6.07) is 23.9. The number of nitrogens with one attached hydrogen (secondary N) is 1. The van der Waals surface area contributed by atoms with Crippen molar-refractivity contribution in [1.29, 1.82) is 0 Å². The number of amides is 1. The molecule has 0 aliphatic carbocycles. The molecule has 1 fully saturated rings. The fourth-order valence-corrected chi connectivity index (χ4v) is 4.75. The molecule has 7 heteroatoms. The van der Waals surface area contributed by atoms with Crippen molar-refractivity contribution in [3.8, 4) is 17.1 Å². The molecule has 0 saturated carbocycles. The van der Waals surface area contributed by atoms with Crippen LogP contribution in [0.25, 0.3) is 17.1 Å². The molecule has 4 aromatic rings. The zero-order chi connectivity index (χ0) is 23.5. The molecule has 5 rings (SSSR count). The maximum Gasteiger partial charge on any atom is 0.270 e. The summed E-state index contributed by atoms with van der Waals surface area (Å²) in [4.78, 5) is 15.9. The molecule has 0 atom stereocenters. The average molecular weight is 474 g/mol. The third-order valence-corrected chi connectivity index (χ3v) is 6.72. The highest BCUT2D eigenvalue weighted by molar-refractivity contribution is 6.32. The van der Waals surface area contributed by atoms with Gasteiger partial charge in [0.1, 0.15) is 11.4 Å². The standard InChI is InChI=1S/C27H28ClN5O/c1-31-15-7-12-25(31)23-18-26(33(30-23)24-11-6-5-10-22(24)28)27(34)29-21-13-16-32(17-14-21)19-20-8-3-2-4-9-20/h2-12,15,18,21H,13-14,16-17,19H2,1H3,(H,29,34). The van der Waals surface area contributed by atoms with Gasteiger partial charge >= 0.3 is 0 Å². The summed E-state index contributed by atoms with van der Waals surface area (Å²) in [7, 11) is 1.97. The Hall–Kier alpha value is -3.35. The summed E-state index contributed by atoms with van der Waals surface area (Å²) >= 11 is 6.47. The molecule has 1 N–H and O–H groups in total. The SMILES string of the molecule is Cn1cccc1-c1cc(C(=O)NC2CCN(Cc3ccccc3)CC2)n(-c2ccccc2Cl)n1. The quantitative estimate of drug-likeness (QED) is 0.432. The van der Waals surface area contributed by atoms with Gasteiger partial charge in [0.05, 0.1) is 16.4 Å². The predicted octanol–water partition coefficient (Wildman–Crippen LogP) is 4.93. The van der Waals surface area contributed by atoms with Crippen molar-refractivity contribution < 1.29 is 4.79 Å². The van der Waals surface area contributed by atoms with Gasteiger partial charge in [0, 0.05) is 38.9 Å². The Morgan fingerprint density at radius 2 is 1.76 bits per heavy atom. The minimum Gasteiger partial charge on any atom is -0.349 e. The monoisotopic (exact) mass is 473 g/mol. The lowest BCUT2D eigenvalue weighted by molar-refractivity contribution is 0.0901. The Kier molecular flexibility index (Phi) is 6.52. The lowest BCUT2D eigenvalue weighted by Gasteiger charge is -2.32. The molecular formula is C27H28ClN5O. The Morgan fingerprint density at radius 3 is 2.47 bits per heavy atom. The van der Waals surface area contributed by atoms with E-state index in [2.05, 4.69) is 34.5 Å². The van der Waals surface area contributed by atoms with Crippen molar-refractivity contribution in [2.75, 3.05) is 13.1 Å². The van der Waals surface area contributed by atoms with Crippen LogP contribution in [0, 0.1) is 0 Å². The first-order valence-electron chi connectivity index (χ1n) is 11.6. The van der Waals surface area contributed by atoms with Crippen LogP contribution in [0.5, 0.6) is 0 Å². The molecule has 174 valence electrons. The molecule has 0 radical (unpaired) electrons. The zero-order valence-corrected chi connectivity index (χ0v) is 19.9. The highest BCUT2D eigenvalue weighted by Gasteiger charge is 2.25. The van der Waals surface area contributed by atoms with E-state index in [0.29, 0.717) is 16.4 Å². The summed E-state index contributed by atoms with van der Waals surface area (Å²) < 4.78 is 3.65. The number of likely N-dealkylation sites (tertiary alicyclic amines) is 1. The van der Waals surface area contributed by atoms with Crippen LogP contribution >= 0.6 is 11.6 Å². The number of nitrogens with zero attached hydrogens (tertiary/aromatic N) is 4. The van der Waals surface area contributed by atoms with Crippen LogP contribution in [0.1, 0.15) is 28.9 Å². The molecule has 0 unspecified atom stereocenters. The van der Waals surface area contributed by atoms with Gasteiger partial charge in [0.25, 0.3) is 5.91 Å². The van der Waals surface area contributed by atoms with Gasteiger partial charge in [-0.1, -0.05) is 54.1 Å². The number of benzene rings is 2. The van der Waals surface area contributed by atoms with Crippen LogP contribution in [0.4, 0.5) is 0 Å². The van der Waals surface area contributed by atoms with Crippen molar-refractivity contribution in [2.24, 2.45) is 7.05 Å². The number of aromatic nitrogens is 3. The van der Waals surface area contributed by atoms with Gasteiger partial charge in [-0.25, -0.2) is 4.68 Å². The van der Waals surface area contributed by atoms with E-state index in [1.807, 2.05) is 66.3 Å². The van der Waals surface area contributed by atoms with E-state index in [1.54, 1.807) is 4.68 Å². The number of para-hydroxylation sites is 1. The van der Waals surface area contributed by atoms with E-state index in [9.17, 15) is 4.79 Å². The second kappa shape index (κ2) is 9.87. The van der Waals surface area contributed by atoms with Gasteiger partial charge in [-0.05, 0) is 48.7 Å². The molecule has 1 aliphatic heterocycles. The van der Waals surface area contributed by atoms with E-state index in [0.717, 1.165) is 43.9 Å². The number of hydrogen-bond acceptors (Lipinski definition) is 3. The Bertz CT molecular complexity index is 1270. The van der Waals surface area contributed by atoms with E-state index < -0.39 is 0 Å². The Labute approximate surface area is 204 Å². The maximum absolute atomic E-state index is 13.4. The van der Waals surface area contributed by atoms with Crippen molar-refractivity contribution in [1.82, 2.24) is 24.6 Å². The molecular weight excluding hydrogens is 446 g/mol. The summed E-state index contributed by atoms with van der Waals surface area (Å²) in [5, 5.41) is 8.55. The van der Waals surface area contributed by atoms with Crippen LogP contribution in [0.2, 0.25) is 5.02 Å².